The van der Waals surface area contributed by atoms with Crippen LogP contribution in [0.4, 0.5) is 8.78 Å². The number of imidazole rings is 1. The summed E-state index contributed by atoms with van der Waals surface area (Å²) in [6.45, 7) is 7.15. The number of hydrogen-bond donors (Lipinski definition) is 1. The lowest BCUT2D eigenvalue weighted by Gasteiger charge is -2.32. The van der Waals surface area contributed by atoms with Gasteiger partial charge in [-0.3, -0.25) is 9.88 Å². The Bertz CT molecular complexity index is 1690. The Morgan fingerprint density at radius 3 is 2.60 bits per heavy atom. The van der Waals surface area contributed by atoms with Gasteiger partial charge in [0.15, 0.2) is 23.1 Å². The highest BCUT2D eigenvalue weighted by Crippen LogP contribution is 2.27. The fourth-order valence-corrected chi connectivity index (χ4v) is 5.34. The van der Waals surface area contributed by atoms with Crippen molar-refractivity contribution < 1.29 is 28.1 Å². The molecular weight excluding hydrogens is 556 g/mol. The molecule has 4 heterocycles. The molecule has 2 aliphatic rings. The van der Waals surface area contributed by atoms with Crippen LogP contribution in [0.5, 0.6) is 11.5 Å². The van der Waals surface area contributed by atoms with Crippen molar-refractivity contribution in [3.63, 3.8) is 0 Å². The molecular formula is C32H31F2N5O4. The van der Waals surface area contributed by atoms with Crippen LogP contribution in [0.3, 0.4) is 0 Å². The fourth-order valence-electron chi connectivity index (χ4n) is 5.34. The predicted octanol–water partition coefficient (Wildman–Crippen LogP) is 5.52. The van der Waals surface area contributed by atoms with Gasteiger partial charge in [-0.25, -0.2) is 13.8 Å². The van der Waals surface area contributed by atoms with Gasteiger partial charge in [-0.15, -0.1) is 0 Å². The van der Waals surface area contributed by atoms with E-state index < -0.39 is 11.6 Å². The second kappa shape index (κ2) is 12.4. The molecule has 2 fully saturated rings. The summed E-state index contributed by atoms with van der Waals surface area (Å²) < 4.78 is 48.1. The number of nitrogens with zero attached hydrogens (tertiary/aromatic N) is 5. The molecule has 2 aromatic carbocycles. The number of aliphatic hydroxyl groups is 1. The Hall–Kier alpha value is -4.53. The first-order valence-corrected chi connectivity index (χ1v) is 14.2. The summed E-state index contributed by atoms with van der Waals surface area (Å²) in [6, 6.07) is 12.9. The van der Waals surface area contributed by atoms with E-state index in [2.05, 4.69) is 21.0 Å². The van der Waals surface area contributed by atoms with Gasteiger partial charge in [-0.05, 0) is 55.7 Å². The average Bonchev–Trinajstić information content (AvgIpc) is 3.32. The molecule has 0 saturated carbocycles. The van der Waals surface area contributed by atoms with Crippen LogP contribution in [0.1, 0.15) is 41.9 Å². The summed E-state index contributed by atoms with van der Waals surface area (Å²) in [5.74, 6) is -0.230. The lowest BCUT2D eigenvalue weighted by atomic mass is 10.1. The van der Waals surface area contributed by atoms with E-state index in [0.29, 0.717) is 37.2 Å². The summed E-state index contributed by atoms with van der Waals surface area (Å²) >= 11 is 0. The average molecular weight is 588 g/mol. The molecule has 0 amide bonds. The highest BCUT2D eigenvalue weighted by Gasteiger charge is 2.26. The van der Waals surface area contributed by atoms with Gasteiger partial charge in [0.1, 0.15) is 24.3 Å². The number of hydrogen-bond acceptors (Lipinski definition) is 8. The number of fused-ring (bicyclic) bond motifs is 1. The molecule has 0 radical (unpaired) electrons. The highest BCUT2D eigenvalue weighted by molar-refractivity contribution is 5.80. The Balaban J connectivity index is 1.08. The van der Waals surface area contributed by atoms with Gasteiger partial charge in [0.2, 0.25) is 0 Å². The number of halogens is 2. The van der Waals surface area contributed by atoms with Crippen molar-refractivity contribution in [3.05, 3.63) is 89.5 Å². The molecule has 1 N–H and O–H groups in total. The number of piperidine rings is 1. The van der Waals surface area contributed by atoms with Gasteiger partial charge < -0.3 is 23.9 Å². The zero-order valence-electron chi connectivity index (χ0n) is 23.5. The van der Waals surface area contributed by atoms with E-state index in [9.17, 15) is 13.9 Å². The van der Waals surface area contributed by atoms with Crippen molar-refractivity contribution in [2.75, 3.05) is 19.7 Å². The molecule has 222 valence electrons. The van der Waals surface area contributed by atoms with E-state index >= 15 is 0 Å². The highest BCUT2D eigenvalue weighted by atomic mass is 19.1. The SMILES string of the molecule is C=C(O)c1ccc2nc(CN3CCC(Oc4cc(COc5ccc(C#N)cc5F)ncc4F)CC3)n(C[C@@H]3CCO3)c2c1. The third kappa shape index (κ3) is 6.45. The minimum Gasteiger partial charge on any atom is -0.508 e. The molecule has 0 aliphatic carbocycles. The topological polar surface area (TPSA) is 106 Å². The second-order valence-corrected chi connectivity index (χ2v) is 10.8. The molecule has 43 heavy (non-hydrogen) atoms. The van der Waals surface area contributed by atoms with Crippen LogP contribution in [0.25, 0.3) is 16.8 Å². The Morgan fingerprint density at radius 2 is 1.91 bits per heavy atom. The van der Waals surface area contributed by atoms with E-state index in [1.165, 1.54) is 18.2 Å². The Labute approximate surface area is 247 Å². The fraction of sp³-hybridized carbons (Fsp3) is 0.344. The zero-order valence-corrected chi connectivity index (χ0v) is 23.5. The summed E-state index contributed by atoms with van der Waals surface area (Å²) in [7, 11) is 0. The first kappa shape index (κ1) is 28.6. The second-order valence-electron chi connectivity index (χ2n) is 10.8. The molecule has 1 atom stereocenters. The lowest BCUT2D eigenvalue weighted by molar-refractivity contribution is -0.0592. The van der Waals surface area contributed by atoms with Crippen molar-refractivity contribution in [1.82, 2.24) is 19.4 Å². The largest absolute Gasteiger partial charge is 0.508 e. The van der Waals surface area contributed by atoms with Crippen LogP contribution in [-0.2, 0) is 24.4 Å². The maximum atomic E-state index is 14.6. The molecule has 2 aromatic heterocycles. The maximum Gasteiger partial charge on any atom is 0.183 e. The van der Waals surface area contributed by atoms with Gasteiger partial charge in [0.05, 0.1) is 53.8 Å². The molecule has 11 heteroatoms. The number of aliphatic hydroxyl groups excluding tert-OH is 1. The van der Waals surface area contributed by atoms with Gasteiger partial charge in [0, 0.05) is 31.3 Å². The van der Waals surface area contributed by atoms with Gasteiger partial charge in [-0.1, -0.05) is 6.58 Å². The van der Waals surface area contributed by atoms with Crippen LogP contribution in [0, 0.1) is 23.0 Å². The van der Waals surface area contributed by atoms with Crippen molar-refractivity contribution in [2.24, 2.45) is 0 Å². The van der Waals surface area contributed by atoms with Crippen molar-refractivity contribution in [3.8, 4) is 17.6 Å². The Morgan fingerprint density at radius 1 is 1.09 bits per heavy atom. The van der Waals surface area contributed by atoms with Crippen molar-refractivity contribution in [1.29, 1.82) is 5.26 Å². The van der Waals surface area contributed by atoms with E-state index in [0.717, 1.165) is 55.2 Å². The quantitative estimate of drug-likeness (QED) is 0.242. The minimum atomic E-state index is -0.655. The van der Waals surface area contributed by atoms with Gasteiger partial charge >= 0.3 is 0 Å². The third-order valence-electron chi connectivity index (χ3n) is 7.85. The summed E-state index contributed by atoms with van der Waals surface area (Å²) in [5, 5.41) is 18.8. The number of aromatic nitrogens is 3. The number of likely N-dealkylation sites (tertiary alicyclic amines) is 1. The smallest absolute Gasteiger partial charge is 0.183 e. The van der Waals surface area contributed by atoms with E-state index in [1.54, 1.807) is 0 Å². The van der Waals surface area contributed by atoms with Crippen molar-refractivity contribution >= 4 is 16.8 Å². The maximum absolute atomic E-state index is 14.6. The van der Waals surface area contributed by atoms with E-state index in [-0.39, 0.29) is 41.6 Å². The van der Waals surface area contributed by atoms with Crippen LogP contribution < -0.4 is 9.47 Å². The zero-order chi connectivity index (χ0) is 29.9. The summed E-state index contributed by atoms with van der Waals surface area (Å²) in [6.07, 6.45) is 3.43. The minimum absolute atomic E-state index is 0.0173. The van der Waals surface area contributed by atoms with E-state index in [4.69, 9.17) is 24.5 Å². The molecule has 0 spiro atoms. The summed E-state index contributed by atoms with van der Waals surface area (Å²) in [4.78, 5) is 11.2. The first-order valence-electron chi connectivity index (χ1n) is 14.2. The standard InChI is InChI=1S/C32H31F2N5O4/c1-20(40)22-3-4-28-29(13-22)39(17-25-8-11-41-25)32(37-28)18-38-9-6-24(7-10-38)43-31-14-23(36-16-27(31)34)19-42-30-5-2-21(15-35)12-26(30)33/h2-5,12-14,16,24-25,40H,1,6-11,17-19H2/t25-/m0/s1. The van der Waals surface area contributed by atoms with Crippen molar-refractivity contribution in [2.45, 2.75) is 51.2 Å². The van der Waals surface area contributed by atoms with Gasteiger partial charge in [0.25, 0.3) is 0 Å². The number of rotatable bonds is 10. The van der Waals surface area contributed by atoms with E-state index in [1.807, 2.05) is 24.3 Å². The Kier molecular flexibility index (Phi) is 8.22. The molecule has 0 bridgehead atoms. The molecule has 6 rings (SSSR count). The normalized spacial score (nSPS) is 17.4. The van der Waals surface area contributed by atoms with Crippen LogP contribution in [0.2, 0.25) is 0 Å². The molecule has 2 aliphatic heterocycles. The van der Waals surface area contributed by atoms with Gasteiger partial charge in [-0.2, -0.15) is 5.26 Å². The van der Waals surface area contributed by atoms with Crippen LogP contribution >= 0.6 is 0 Å². The number of ether oxygens (including phenoxy) is 3. The lowest BCUT2D eigenvalue weighted by Crippen LogP contribution is -2.39. The molecule has 9 nitrogen and oxygen atoms in total. The first-order chi connectivity index (χ1) is 20.9. The molecule has 4 aromatic rings. The molecule has 0 unspecified atom stereocenters. The number of pyridine rings is 1. The molecule has 2 saturated heterocycles. The monoisotopic (exact) mass is 587 g/mol. The summed E-state index contributed by atoms with van der Waals surface area (Å²) in [5.41, 5.74) is 3.03. The van der Waals surface area contributed by atoms with Crippen LogP contribution in [-0.4, -0.2) is 56.4 Å². The predicted molar refractivity (Wildman–Crippen MR) is 154 cm³/mol. The number of nitriles is 1. The third-order valence-corrected chi connectivity index (χ3v) is 7.85. The van der Waals surface area contributed by atoms with Crippen LogP contribution in [0.15, 0.2) is 55.2 Å². The number of benzene rings is 2.